The van der Waals surface area contributed by atoms with Gasteiger partial charge in [-0.15, -0.1) is 0 Å². The van der Waals surface area contributed by atoms with Crippen LogP contribution in [0.1, 0.15) is 63.4 Å². The molecule has 5 aliphatic heterocycles. The zero-order valence-electron chi connectivity index (χ0n) is 28.5. The van der Waals surface area contributed by atoms with Crippen molar-refractivity contribution in [2.45, 2.75) is 81.6 Å². The summed E-state index contributed by atoms with van der Waals surface area (Å²) in [5.41, 5.74) is 1.64. The van der Waals surface area contributed by atoms with E-state index in [0.717, 1.165) is 61.7 Å². The predicted octanol–water partition coefficient (Wildman–Crippen LogP) is 5.92. The largest absolute Gasteiger partial charge is 0.508 e. The molecule has 2 N–H and O–H groups in total. The molecule has 6 heterocycles. The Morgan fingerprint density at radius 2 is 1.80 bits per heavy atom. The number of fused-ring (bicyclic) bond motifs is 5. The summed E-state index contributed by atoms with van der Waals surface area (Å²) in [5, 5.41) is 16.9. The van der Waals surface area contributed by atoms with E-state index in [-0.39, 0.29) is 35.7 Å². The Bertz CT molecular complexity index is 1970. The summed E-state index contributed by atoms with van der Waals surface area (Å²) in [5.74, 6) is 0.269. The number of carbonyl (C=O) groups excluding carboxylic acids is 1. The molecule has 5 fully saturated rings. The molecular formula is C39H44F2N6O3. The maximum atomic E-state index is 17.8. The second-order valence-corrected chi connectivity index (χ2v) is 15.3. The summed E-state index contributed by atoms with van der Waals surface area (Å²) in [4.78, 5) is 28.4. The predicted molar refractivity (Wildman–Crippen MR) is 189 cm³/mol. The number of alkyl halides is 1. The molecule has 5 saturated heterocycles. The molecule has 0 spiro atoms. The summed E-state index contributed by atoms with van der Waals surface area (Å²) >= 11 is 0. The first kappa shape index (κ1) is 31.9. The molecule has 0 radical (unpaired) electrons. The van der Waals surface area contributed by atoms with E-state index in [2.05, 4.69) is 21.2 Å². The molecule has 0 saturated carbocycles. The highest BCUT2D eigenvalue weighted by atomic mass is 19.1. The lowest BCUT2D eigenvalue weighted by molar-refractivity contribution is -0.129. The van der Waals surface area contributed by atoms with Crippen LogP contribution in [0.5, 0.6) is 11.8 Å². The van der Waals surface area contributed by atoms with Gasteiger partial charge in [-0.1, -0.05) is 24.3 Å². The number of nitrogens with one attached hydrogen (secondary N) is 1. The van der Waals surface area contributed by atoms with Crippen LogP contribution in [0, 0.1) is 5.82 Å². The van der Waals surface area contributed by atoms with E-state index in [0.29, 0.717) is 73.3 Å². The Labute approximate surface area is 290 Å². The zero-order valence-corrected chi connectivity index (χ0v) is 28.5. The molecule has 0 unspecified atom stereocenters. The number of nitrogens with zero attached hydrogens (tertiary/aromatic N) is 5. The van der Waals surface area contributed by atoms with Gasteiger partial charge in [0.25, 0.3) is 0 Å². The van der Waals surface area contributed by atoms with Crippen molar-refractivity contribution >= 4 is 33.4 Å². The fourth-order valence-electron chi connectivity index (χ4n) is 9.74. The van der Waals surface area contributed by atoms with Crippen LogP contribution >= 0.6 is 0 Å². The van der Waals surface area contributed by atoms with Crippen LogP contribution in [0.15, 0.2) is 42.5 Å². The summed E-state index contributed by atoms with van der Waals surface area (Å²) in [6.07, 6.45) is 4.93. The lowest BCUT2D eigenvalue weighted by atomic mass is 9.82. The highest BCUT2D eigenvalue weighted by Crippen LogP contribution is 2.46. The molecule has 262 valence electrons. The fraction of sp³-hybridized carbons (Fsp3) is 0.513. The van der Waals surface area contributed by atoms with E-state index in [1.54, 1.807) is 19.1 Å². The van der Waals surface area contributed by atoms with Crippen molar-refractivity contribution in [3.05, 3.63) is 53.8 Å². The summed E-state index contributed by atoms with van der Waals surface area (Å²) in [7, 11) is 0. The van der Waals surface area contributed by atoms with Gasteiger partial charge in [0.05, 0.1) is 5.54 Å². The number of likely N-dealkylation sites (tertiary alicyclic amines) is 1. The number of halogens is 2. The SMILES string of the molecule is CC(=O)N1CCC(c2cc3c(N4C[C@H]5CC[C@@H](C4)N5)nc(OC[C@@]45CCCN4C[C@H](F)C5)nc3c(F)c2-c2cc(O)cc3ccccc23)CC1. The molecule has 5 aliphatic rings. The van der Waals surface area contributed by atoms with Gasteiger partial charge in [0.1, 0.15) is 29.9 Å². The Morgan fingerprint density at radius 1 is 1.02 bits per heavy atom. The Hall–Kier alpha value is -4.09. The van der Waals surface area contributed by atoms with Crippen LogP contribution in [-0.2, 0) is 4.79 Å². The molecule has 50 heavy (non-hydrogen) atoms. The number of anilines is 1. The van der Waals surface area contributed by atoms with Gasteiger partial charge in [0.15, 0.2) is 5.82 Å². The summed E-state index contributed by atoms with van der Waals surface area (Å²) in [6, 6.07) is 13.9. The van der Waals surface area contributed by atoms with Crippen molar-refractivity contribution in [2.75, 3.05) is 50.8 Å². The van der Waals surface area contributed by atoms with Gasteiger partial charge >= 0.3 is 6.01 Å². The number of aromatic hydroxyl groups is 1. The third-order valence-electron chi connectivity index (χ3n) is 12.2. The maximum absolute atomic E-state index is 17.8. The third kappa shape index (κ3) is 5.44. The van der Waals surface area contributed by atoms with E-state index in [1.807, 2.05) is 29.2 Å². The molecule has 9 rings (SSSR count). The van der Waals surface area contributed by atoms with E-state index in [1.165, 1.54) is 0 Å². The van der Waals surface area contributed by atoms with Crippen LogP contribution in [0.25, 0.3) is 32.8 Å². The Kier molecular flexibility index (Phi) is 7.84. The summed E-state index contributed by atoms with van der Waals surface area (Å²) < 4.78 is 38.8. The quantitative estimate of drug-likeness (QED) is 0.259. The molecule has 3 aromatic carbocycles. The topological polar surface area (TPSA) is 94.1 Å². The van der Waals surface area contributed by atoms with Crippen LogP contribution in [-0.4, -0.2) is 100 Å². The number of aromatic nitrogens is 2. The monoisotopic (exact) mass is 682 g/mol. The van der Waals surface area contributed by atoms with Gasteiger partial charge in [-0.25, -0.2) is 8.78 Å². The van der Waals surface area contributed by atoms with Gasteiger partial charge in [-0.3, -0.25) is 9.69 Å². The number of piperidine rings is 1. The maximum Gasteiger partial charge on any atom is 0.319 e. The van der Waals surface area contributed by atoms with E-state index >= 15 is 4.39 Å². The average molecular weight is 683 g/mol. The van der Waals surface area contributed by atoms with Crippen molar-refractivity contribution in [2.24, 2.45) is 0 Å². The third-order valence-corrected chi connectivity index (χ3v) is 12.2. The van der Waals surface area contributed by atoms with Crippen LogP contribution in [0.4, 0.5) is 14.6 Å². The number of phenolic OH excluding ortho intramolecular Hbond substituents is 1. The van der Waals surface area contributed by atoms with Gasteiger partial charge in [-0.05, 0) is 91.1 Å². The van der Waals surface area contributed by atoms with Crippen LogP contribution in [0.2, 0.25) is 0 Å². The van der Waals surface area contributed by atoms with Crippen molar-refractivity contribution in [1.29, 1.82) is 0 Å². The van der Waals surface area contributed by atoms with Crippen molar-refractivity contribution in [3.8, 4) is 22.9 Å². The van der Waals surface area contributed by atoms with Crippen molar-refractivity contribution in [1.82, 2.24) is 25.1 Å². The number of amides is 1. The van der Waals surface area contributed by atoms with Crippen molar-refractivity contribution < 1.29 is 23.4 Å². The number of phenols is 1. The normalized spacial score (nSPS) is 27.1. The fourth-order valence-corrected chi connectivity index (χ4v) is 9.74. The Morgan fingerprint density at radius 3 is 2.58 bits per heavy atom. The molecule has 2 bridgehead atoms. The highest BCUT2D eigenvalue weighted by molar-refractivity contribution is 6.02. The smallest absolute Gasteiger partial charge is 0.319 e. The molecule has 1 aromatic heterocycles. The lowest BCUT2D eigenvalue weighted by Crippen LogP contribution is -2.51. The lowest BCUT2D eigenvalue weighted by Gasteiger charge is -2.35. The number of benzene rings is 3. The molecule has 4 atom stereocenters. The molecular weight excluding hydrogens is 638 g/mol. The van der Waals surface area contributed by atoms with Gasteiger partial charge in [0, 0.05) is 69.1 Å². The average Bonchev–Trinajstić information content (AvgIpc) is 3.76. The highest BCUT2D eigenvalue weighted by Gasteiger charge is 2.49. The molecule has 9 nitrogen and oxygen atoms in total. The van der Waals surface area contributed by atoms with E-state index in [4.69, 9.17) is 14.7 Å². The summed E-state index contributed by atoms with van der Waals surface area (Å²) in [6.45, 7) is 5.79. The Balaban J connectivity index is 1.22. The number of ether oxygens (including phenoxy) is 1. The molecule has 0 aliphatic carbocycles. The number of carbonyl (C=O) groups is 1. The minimum absolute atomic E-state index is 0.0212. The molecule has 11 heteroatoms. The first-order valence-corrected chi connectivity index (χ1v) is 18.3. The molecule has 1 amide bonds. The second kappa shape index (κ2) is 12.3. The van der Waals surface area contributed by atoms with Gasteiger partial charge in [-0.2, -0.15) is 9.97 Å². The van der Waals surface area contributed by atoms with Gasteiger partial charge in [0.2, 0.25) is 5.91 Å². The standard InChI is InChI=1S/C39H44F2N6O3/c1-23(48)45-13-9-24(10-14-45)31-17-33-36(35(41)34(31)32-16-29(49)15-25-5-2-3-6-30(25)32)43-38(44-37(33)46-20-27-7-8-28(21-46)42-27)50-22-39-11-4-12-47(39)19-26(40)18-39/h2-3,5-6,15-17,24,26-28,42,49H,4,7-14,18-22H2,1H3/t26-,27-,28+,39+/m1/s1. The minimum atomic E-state index is -0.888. The second-order valence-electron chi connectivity index (χ2n) is 15.3. The van der Waals surface area contributed by atoms with Crippen molar-refractivity contribution in [3.63, 3.8) is 0 Å². The number of hydrogen-bond acceptors (Lipinski definition) is 8. The van der Waals surface area contributed by atoms with E-state index < -0.39 is 17.5 Å². The van der Waals surface area contributed by atoms with Crippen LogP contribution in [0.3, 0.4) is 0 Å². The van der Waals surface area contributed by atoms with Crippen LogP contribution < -0.4 is 15.0 Å². The number of rotatable bonds is 6. The number of piperazine rings is 1. The minimum Gasteiger partial charge on any atom is -0.508 e. The van der Waals surface area contributed by atoms with Gasteiger partial charge < -0.3 is 25.0 Å². The molecule has 4 aromatic rings. The first-order chi connectivity index (χ1) is 24.2. The van der Waals surface area contributed by atoms with E-state index in [9.17, 15) is 14.3 Å². The zero-order chi connectivity index (χ0) is 34.1. The first-order valence-electron chi connectivity index (χ1n) is 18.3. The number of hydrogen-bond donors (Lipinski definition) is 2.